The predicted octanol–water partition coefficient (Wildman–Crippen LogP) is 5.13. The fraction of sp³-hybridized carbons (Fsp3) is 0.133. The summed E-state index contributed by atoms with van der Waals surface area (Å²) in [6, 6.07) is 5.14. The van der Waals surface area contributed by atoms with Gasteiger partial charge in [0.25, 0.3) is 0 Å². The van der Waals surface area contributed by atoms with Gasteiger partial charge in [-0.25, -0.2) is 17.6 Å². The number of halogens is 5. The zero-order valence-corrected chi connectivity index (χ0v) is 14.8. The van der Waals surface area contributed by atoms with Crippen molar-refractivity contribution in [1.29, 1.82) is 0 Å². The summed E-state index contributed by atoms with van der Waals surface area (Å²) in [5.74, 6) is -5.89. The smallest absolute Gasteiger partial charge is 0.186 e. The van der Waals surface area contributed by atoms with Gasteiger partial charge in [-0.2, -0.15) is 0 Å². The minimum Gasteiger partial charge on any atom is -0.495 e. The predicted molar refractivity (Wildman–Crippen MR) is 91.5 cm³/mol. The molecule has 0 aromatic heterocycles. The molecular weight excluding hydrogens is 412 g/mol. The number of nitrogens with one attached hydrogen (secondary N) is 2. The second kappa shape index (κ2) is 7.35. The van der Waals surface area contributed by atoms with E-state index in [0.29, 0.717) is 11.4 Å². The maximum Gasteiger partial charge on any atom is 0.186 e. The number of aryl methyl sites for hydroxylation is 1. The Morgan fingerprint density at radius 3 is 2.17 bits per heavy atom. The lowest BCUT2D eigenvalue weighted by Gasteiger charge is -2.15. The summed E-state index contributed by atoms with van der Waals surface area (Å²) in [6.07, 6.45) is 0. The Morgan fingerprint density at radius 1 is 1.04 bits per heavy atom. The fourth-order valence-corrected chi connectivity index (χ4v) is 2.46. The number of hydrogen-bond acceptors (Lipinski definition) is 2. The highest BCUT2D eigenvalue weighted by Crippen LogP contribution is 2.32. The molecule has 2 aromatic rings. The third kappa shape index (κ3) is 3.62. The Hall–Kier alpha value is -1.87. The van der Waals surface area contributed by atoms with Gasteiger partial charge in [0.05, 0.1) is 17.3 Å². The molecule has 0 atom stereocenters. The quantitative estimate of drug-likeness (QED) is 0.311. The van der Waals surface area contributed by atoms with E-state index in [1.165, 1.54) is 7.11 Å². The molecule has 0 unspecified atom stereocenters. The first-order valence-electron chi connectivity index (χ1n) is 6.50. The average molecular weight is 423 g/mol. The zero-order chi connectivity index (χ0) is 18.0. The molecule has 0 amide bonds. The Bertz CT molecular complexity index is 788. The van der Waals surface area contributed by atoms with Crippen molar-refractivity contribution in [2.24, 2.45) is 0 Å². The molecule has 2 N–H and O–H groups in total. The van der Waals surface area contributed by atoms with Crippen molar-refractivity contribution in [2.75, 3.05) is 17.7 Å². The molecule has 2 aromatic carbocycles. The second-order valence-electron chi connectivity index (χ2n) is 4.73. The molecule has 0 heterocycles. The molecule has 0 aliphatic carbocycles. The first-order valence-corrected chi connectivity index (χ1v) is 7.70. The number of ether oxygens (including phenoxy) is 1. The summed E-state index contributed by atoms with van der Waals surface area (Å²) >= 11 is 7.38. The summed E-state index contributed by atoms with van der Waals surface area (Å²) in [5.41, 5.74) is 0.269. The topological polar surface area (TPSA) is 33.3 Å². The van der Waals surface area contributed by atoms with Crippen LogP contribution in [0.2, 0.25) is 0 Å². The van der Waals surface area contributed by atoms with Gasteiger partial charge in [-0.1, -0.05) is 6.07 Å². The fourth-order valence-electron chi connectivity index (χ4n) is 1.90. The van der Waals surface area contributed by atoms with Crippen LogP contribution < -0.4 is 15.4 Å². The van der Waals surface area contributed by atoms with Crippen LogP contribution in [0.15, 0.2) is 22.7 Å². The first kappa shape index (κ1) is 18.5. The molecule has 9 heteroatoms. The summed E-state index contributed by atoms with van der Waals surface area (Å²) in [5, 5.41) is 4.52. The van der Waals surface area contributed by atoms with E-state index in [9.17, 15) is 17.6 Å². The van der Waals surface area contributed by atoms with Gasteiger partial charge in [-0.15, -0.1) is 0 Å². The Morgan fingerprint density at radius 2 is 1.62 bits per heavy atom. The van der Waals surface area contributed by atoms with Gasteiger partial charge < -0.3 is 15.4 Å². The highest BCUT2D eigenvalue weighted by atomic mass is 79.9. The summed E-state index contributed by atoms with van der Waals surface area (Å²) < 4.78 is 58.9. The molecule has 0 bridgehead atoms. The van der Waals surface area contributed by atoms with Crippen molar-refractivity contribution < 1.29 is 22.3 Å². The van der Waals surface area contributed by atoms with Gasteiger partial charge >= 0.3 is 0 Å². The van der Waals surface area contributed by atoms with Crippen LogP contribution in [0.5, 0.6) is 5.75 Å². The van der Waals surface area contributed by atoms with Crippen LogP contribution >= 0.6 is 28.1 Å². The minimum absolute atomic E-state index is 0.266. The lowest BCUT2D eigenvalue weighted by atomic mass is 10.2. The van der Waals surface area contributed by atoms with Crippen LogP contribution in [0.3, 0.4) is 0 Å². The molecule has 3 nitrogen and oxygen atoms in total. The monoisotopic (exact) mass is 422 g/mol. The van der Waals surface area contributed by atoms with Gasteiger partial charge in [-0.3, -0.25) is 0 Å². The first-order chi connectivity index (χ1) is 11.3. The Balaban J connectivity index is 2.30. The largest absolute Gasteiger partial charge is 0.495 e. The van der Waals surface area contributed by atoms with E-state index in [4.69, 9.17) is 17.0 Å². The van der Waals surface area contributed by atoms with Crippen LogP contribution in [0.1, 0.15) is 5.56 Å². The summed E-state index contributed by atoms with van der Waals surface area (Å²) in [6.45, 7) is 1.82. The van der Waals surface area contributed by atoms with Crippen LogP contribution in [-0.4, -0.2) is 12.2 Å². The average Bonchev–Trinajstić information content (AvgIpc) is 2.55. The lowest BCUT2D eigenvalue weighted by molar-refractivity contribution is 0.417. The standard InChI is InChI=1S/C15H11BrF4N2OS/c1-6-3-4-8(23-2)7(5-6)21-15(24)22-14-12(19)10(17)9(16)11(18)13(14)20/h3-5H,1-2H3,(H2,21,22,24). The van der Waals surface area contributed by atoms with Crippen molar-refractivity contribution >= 4 is 44.6 Å². The van der Waals surface area contributed by atoms with Crippen LogP contribution in [-0.2, 0) is 0 Å². The third-order valence-corrected chi connectivity index (χ3v) is 3.95. The van der Waals surface area contributed by atoms with Crippen molar-refractivity contribution in [3.63, 3.8) is 0 Å². The molecule has 0 aliphatic rings. The van der Waals surface area contributed by atoms with E-state index in [-0.39, 0.29) is 5.11 Å². The minimum atomic E-state index is -1.60. The molecule has 0 saturated carbocycles. The van der Waals surface area contributed by atoms with E-state index in [1.807, 2.05) is 6.92 Å². The third-order valence-electron chi connectivity index (χ3n) is 3.05. The normalized spacial score (nSPS) is 10.5. The van der Waals surface area contributed by atoms with E-state index in [2.05, 4.69) is 26.6 Å². The maximum atomic E-state index is 13.8. The van der Waals surface area contributed by atoms with Crippen LogP contribution in [0.4, 0.5) is 28.9 Å². The van der Waals surface area contributed by atoms with Crippen molar-refractivity contribution in [3.8, 4) is 5.75 Å². The van der Waals surface area contributed by atoms with E-state index in [0.717, 1.165) is 5.56 Å². The van der Waals surface area contributed by atoms with Gasteiger partial charge in [0, 0.05) is 0 Å². The molecule has 0 saturated heterocycles. The maximum absolute atomic E-state index is 13.8. The lowest BCUT2D eigenvalue weighted by Crippen LogP contribution is -2.22. The number of hydrogen-bond donors (Lipinski definition) is 2. The molecule has 24 heavy (non-hydrogen) atoms. The molecule has 0 aliphatic heterocycles. The highest BCUT2D eigenvalue weighted by molar-refractivity contribution is 9.10. The number of benzene rings is 2. The number of thiocarbonyl (C=S) groups is 1. The van der Waals surface area contributed by atoms with Crippen LogP contribution in [0, 0.1) is 30.2 Å². The van der Waals surface area contributed by atoms with Gasteiger partial charge in [0.1, 0.15) is 11.4 Å². The van der Waals surface area contributed by atoms with Crippen molar-refractivity contribution in [2.45, 2.75) is 6.92 Å². The molecule has 0 radical (unpaired) electrons. The SMILES string of the molecule is COc1ccc(C)cc1NC(=S)Nc1c(F)c(F)c(Br)c(F)c1F. The molecular formula is C15H11BrF4N2OS. The molecule has 128 valence electrons. The van der Waals surface area contributed by atoms with E-state index in [1.54, 1.807) is 18.2 Å². The Kier molecular flexibility index (Phi) is 5.66. The Labute approximate surface area is 149 Å². The van der Waals surface area contributed by atoms with Crippen molar-refractivity contribution in [1.82, 2.24) is 0 Å². The molecule has 0 fully saturated rings. The van der Waals surface area contributed by atoms with E-state index >= 15 is 0 Å². The molecule has 0 spiro atoms. The van der Waals surface area contributed by atoms with Crippen LogP contribution in [0.25, 0.3) is 0 Å². The van der Waals surface area contributed by atoms with E-state index < -0.39 is 33.4 Å². The van der Waals surface area contributed by atoms with Gasteiger partial charge in [0.2, 0.25) is 0 Å². The number of methoxy groups -OCH3 is 1. The number of anilines is 2. The second-order valence-corrected chi connectivity index (χ2v) is 5.93. The zero-order valence-electron chi connectivity index (χ0n) is 12.4. The number of rotatable bonds is 3. The molecule has 2 rings (SSSR count). The summed E-state index contributed by atoms with van der Waals surface area (Å²) in [4.78, 5) is 0. The summed E-state index contributed by atoms with van der Waals surface area (Å²) in [7, 11) is 1.44. The van der Waals surface area contributed by atoms with Gasteiger partial charge in [-0.05, 0) is 52.8 Å². The highest BCUT2D eigenvalue weighted by Gasteiger charge is 2.24. The van der Waals surface area contributed by atoms with Gasteiger partial charge in [0.15, 0.2) is 28.4 Å². The van der Waals surface area contributed by atoms with Crippen molar-refractivity contribution in [3.05, 3.63) is 51.5 Å².